The lowest BCUT2D eigenvalue weighted by Crippen LogP contribution is -2.32. The summed E-state index contributed by atoms with van der Waals surface area (Å²) in [5.41, 5.74) is 2.86. The molecule has 1 heterocycles. The summed E-state index contributed by atoms with van der Waals surface area (Å²) in [6.45, 7) is 8.26. The molecule has 2 aromatic carbocycles. The molecule has 0 atom stereocenters. The zero-order valence-electron chi connectivity index (χ0n) is 18.4. The van der Waals surface area contributed by atoms with Gasteiger partial charge in [0.05, 0.1) is 24.7 Å². The van der Waals surface area contributed by atoms with E-state index in [-0.39, 0.29) is 30.4 Å². The van der Waals surface area contributed by atoms with Crippen molar-refractivity contribution in [3.05, 3.63) is 58.0 Å². The highest BCUT2D eigenvalue weighted by Crippen LogP contribution is 2.34. The molecule has 1 aliphatic heterocycles. The first kappa shape index (κ1) is 22.7. The van der Waals surface area contributed by atoms with Crippen molar-refractivity contribution in [2.24, 2.45) is 0 Å². The van der Waals surface area contributed by atoms with E-state index in [0.717, 1.165) is 34.2 Å². The summed E-state index contributed by atoms with van der Waals surface area (Å²) in [6, 6.07) is 11.4. The summed E-state index contributed by atoms with van der Waals surface area (Å²) in [6.07, 6.45) is 1.71. The Bertz CT molecular complexity index is 1020. The zero-order valence-corrected chi connectivity index (χ0v) is 19.2. The number of imide groups is 1. The van der Waals surface area contributed by atoms with Gasteiger partial charge in [0.15, 0.2) is 11.5 Å². The minimum Gasteiger partial charge on any atom is -0.493 e. The summed E-state index contributed by atoms with van der Waals surface area (Å²) in [5.74, 6) is 1.65. The Morgan fingerprint density at radius 3 is 2.52 bits per heavy atom. The van der Waals surface area contributed by atoms with Crippen LogP contribution < -0.4 is 14.2 Å². The van der Waals surface area contributed by atoms with E-state index in [1.165, 1.54) is 4.90 Å². The van der Waals surface area contributed by atoms with E-state index in [0.29, 0.717) is 16.4 Å². The number of nitrogens with zero attached hydrogens (tertiary/aromatic N) is 1. The van der Waals surface area contributed by atoms with Crippen molar-refractivity contribution < 1.29 is 23.8 Å². The van der Waals surface area contributed by atoms with Gasteiger partial charge in [-0.25, -0.2) is 0 Å². The molecule has 0 saturated carbocycles. The lowest BCUT2D eigenvalue weighted by Gasteiger charge is -2.15. The van der Waals surface area contributed by atoms with Gasteiger partial charge >= 0.3 is 0 Å². The number of hydrogen-bond donors (Lipinski definition) is 0. The first-order valence-electron chi connectivity index (χ1n) is 10.1. The van der Waals surface area contributed by atoms with Crippen molar-refractivity contribution in [1.29, 1.82) is 0 Å². The highest BCUT2D eigenvalue weighted by atomic mass is 32.2. The molecule has 1 fully saturated rings. The molecule has 0 N–H and O–H groups in total. The summed E-state index contributed by atoms with van der Waals surface area (Å²) in [5, 5.41) is -0.299. The quantitative estimate of drug-likeness (QED) is 0.524. The molecule has 6 nitrogen and oxygen atoms in total. The van der Waals surface area contributed by atoms with Crippen LogP contribution in [0, 0.1) is 13.8 Å². The van der Waals surface area contributed by atoms with Gasteiger partial charge < -0.3 is 14.2 Å². The van der Waals surface area contributed by atoms with E-state index in [9.17, 15) is 9.59 Å². The molecule has 0 spiro atoms. The van der Waals surface area contributed by atoms with Crippen molar-refractivity contribution in [3.63, 3.8) is 0 Å². The number of aryl methyl sites for hydroxylation is 2. The third-order valence-electron chi connectivity index (χ3n) is 4.64. The molecule has 3 rings (SSSR count). The van der Waals surface area contributed by atoms with E-state index in [2.05, 4.69) is 0 Å². The second-order valence-electron chi connectivity index (χ2n) is 7.53. The van der Waals surface area contributed by atoms with E-state index in [4.69, 9.17) is 14.2 Å². The standard InChI is InChI=1S/C24H27NO5S/c1-15(2)30-19-9-8-18(13-21(19)28-5)14-22-23(26)25(24(27)31-22)10-11-29-20-12-16(3)6-7-17(20)4/h6-9,12-15H,10-11H2,1-5H3/b22-14-. The van der Waals surface area contributed by atoms with Crippen LogP contribution in [0.2, 0.25) is 0 Å². The summed E-state index contributed by atoms with van der Waals surface area (Å²) in [4.78, 5) is 26.7. The number of hydrogen-bond acceptors (Lipinski definition) is 6. The molecule has 7 heteroatoms. The van der Waals surface area contributed by atoms with Crippen LogP contribution in [0.15, 0.2) is 41.3 Å². The third-order valence-corrected chi connectivity index (χ3v) is 5.55. The first-order chi connectivity index (χ1) is 14.8. The second-order valence-corrected chi connectivity index (χ2v) is 8.52. The number of benzene rings is 2. The molecule has 0 aliphatic carbocycles. The molecular formula is C24H27NO5S. The molecule has 2 aromatic rings. The van der Waals surface area contributed by atoms with Gasteiger partial charge in [0.25, 0.3) is 11.1 Å². The van der Waals surface area contributed by atoms with Crippen molar-refractivity contribution in [1.82, 2.24) is 4.90 Å². The van der Waals surface area contributed by atoms with Crippen LogP contribution in [0.25, 0.3) is 6.08 Å². The topological polar surface area (TPSA) is 65.1 Å². The minimum absolute atomic E-state index is 0.0158. The lowest BCUT2D eigenvalue weighted by molar-refractivity contribution is -0.123. The second kappa shape index (κ2) is 9.92. The van der Waals surface area contributed by atoms with Gasteiger partial charge in [-0.3, -0.25) is 14.5 Å². The number of thioether (sulfide) groups is 1. The smallest absolute Gasteiger partial charge is 0.293 e. The predicted octanol–water partition coefficient (Wildman–Crippen LogP) is 5.21. The average molecular weight is 442 g/mol. The van der Waals surface area contributed by atoms with Gasteiger partial charge in [-0.2, -0.15) is 0 Å². The summed E-state index contributed by atoms with van der Waals surface area (Å²) >= 11 is 0.928. The Kier molecular flexibility index (Phi) is 7.28. The molecule has 164 valence electrons. The Hall–Kier alpha value is -2.93. The summed E-state index contributed by atoms with van der Waals surface area (Å²) < 4.78 is 16.9. The largest absolute Gasteiger partial charge is 0.493 e. The van der Waals surface area contributed by atoms with Crippen molar-refractivity contribution in [2.45, 2.75) is 33.8 Å². The van der Waals surface area contributed by atoms with Gasteiger partial charge in [0.1, 0.15) is 12.4 Å². The maximum atomic E-state index is 12.8. The fourth-order valence-corrected chi connectivity index (χ4v) is 3.94. The number of ether oxygens (including phenoxy) is 3. The third kappa shape index (κ3) is 5.61. The van der Waals surface area contributed by atoms with Gasteiger partial charge in [0, 0.05) is 0 Å². The number of carbonyl (C=O) groups is 2. The Morgan fingerprint density at radius 1 is 1.03 bits per heavy atom. The average Bonchev–Trinajstić information content (AvgIpc) is 2.98. The van der Waals surface area contributed by atoms with Crippen LogP contribution in [0.4, 0.5) is 4.79 Å². The monoisotopic (exact) mass is 441 g/mol. The maximum absolute atomic E-state index is 12.8. The maximum Gasteiger partial charge on any atom is 0.293 e. The molecule has 31 heavy (non-hydrogen) atoms. The molecule has 0 aromatic heterocycles. The molecule has 1 saturated heterocycles. The van der Waals surface area contributed by atoms with Crippen LogP contribution in [-0.4, -0.2) is 42.4 Å². The van der Waals surface area contributed by atoms with Crippen molar-refractivity contribution in [2.75, 3.05) is 20.3 Å². The molecule has 0 bridgehead atoms. The van der Waals surface area contributed by atoms with Crippen LogP contribution in [0.1, 0.15) is 30.5 Å². The number of methoxy groups -OCH3 is 1. The molecule has 2 amide bonds. The van der Waals surface area contributed by atoms with Gasteiger partial charge in [-0.05, 0) is 80.4 Å². The Balaban J connectivity index is 1.68. The van der Waals surface area contributed by atoms with Crippen LogP contribution in [0.3, 0.4) is 0 Å². The molecule has 0 unspecified atom stereocenters. The minimum atomic E-state index is -0.318. The number of rotatable bonds is 8. The lowest BCUT2D eigenvalue weighted by atomic mass is 10.1. The van der Waals surface area contributed by atoms with Crippen LogP contribution in [0.5, 0.6) is 17.2 Å². The van der Waals surface area contributed by atoms with Gasteiger partial charge in [-0.15, -0.1) is 0 Å². The van der Waals surface area contributed by atoms with Gasteiger partial charge in [-0.1, -0.05) is 18.2 Å². The van der Waals surface area contributed by atoms with E-state index in [1.807, 2.05) is 52.0 Å². The fourth-order valence-electron chi connectivity index (χ4n) is 3.08. The zero-order chi connectivity index (χ0) is 22.5. The van der Waals surface area contributed by atoms with Crippen molar-refractivity contribution in [3.8, 4) is 17.2 Å². The van der Waals surface area contributed by atoms with E-state index < -0.39 is 0 Å². The van der Waals surface area contributed by atoms with Crippen molar-refractivity contribution >= 4 is 29.0 Å². The highest BCUT2D eigenvalue weighted by molar-refractivity contribution is 8.18. The number of carbonyl (C=O) groups excluding carboxylic acids is 2. The van der Waals surface area contributed by atoms with Crippen LogP contribution in [-0.2, 0) is 4.79 Å². The molecule has 1 aliphatic rings. The molecule has 0 radical (unpaired) electrons. The predicted molar refractivity (Wildman–Crippen MR) is 123 cm³/mol. The normalized spacial score (nSPS) is 15.2. The van der Waals surface area contributed by atoms with E-state index >= 15 is 0 Å². The SMILES string of the molecule is COc1cc(/C=C2\SC(=O)N(CCOc3cc(C)ccc3C)C2=O)ccc1OC(C)C. The van der Waals surface area contributed by atoms with Crippen LogP contribution >= 0.6 is 11.8 Å². The Labute approximate surface area is 187 Å². The fraction of sp³-hybridized carbons (Fsp3) is 0.333. The molecular weight excluding hydrogens is 414 g/mol. The summed E-state index contributed by atoms with van der Waals surface area (Å²) in [7, 11) is 1.57. The van der Waals surface area contributed by atoms with E-state index in [1.54, 1.807) is 25.3 Å². The number of amides is 2. The van der Waals surface area contributed by atoms with Gasteiger partial charge in [0.2, 0.25) is 0 Å². The first-order valence-corrected chi connectivity index (χ1v) is 10.9. The Morgan fingerprint density at radius 2 is 1.81 bits per heavy atom. The highest BCUT2D eigenvalue weighted by Gasteiger charge is 2.34.